The molecule has 0 radical (unpaired) electrons. The quantitative estimate of drug-likeness (QED) is 0.639. The molecular weight excluding hydrogens is 244 g/mol. The van der Waals surface area contributed by atoms with Crippen LogP contribution in [0.25, 0.3) is 0 Å². The van der Waals surface area contributed by atoms with E-state index in [4.69, 9.17) is 14.2 Å². The Morgan fingerprint density at radius 3 is 2.67 bits per heavy atom. The van der Waals surface area contributed by atoms with Gasteiger partial charge in [-0.3, -0.25) is 4.79 Å². The molecule has 0 unspecified atom stereocenters. The van der Waals surface area contributed by atoms with E-state index in [1.807, 2.05) is 0 Å². The Morgan fingerprint density at radius 2 is 2.11 bits per heavy atom. The van der Waals surface area contributed by atoms with Gasteiger partial charge in [-0.25, -0.2) is 0 Å². The summed E-state index contributed by atoms with van der Waals surface area (Å²) >= 11 is 0. The molecule has 0 bridgehead atoms. The standard InChI is InChI=1S/C11H18O7/c1-11(2)17-9-7(14)8(16-10(9)18-11)5(12)4-6(13)15-3/h5,7-10,12,14H,4H2,1-3H3/t5-,7+,8-,9-,10-/m1/s1. The molecule has 0 aromatic heterocycles. The average Bonchev–Trinajstić information content (AvgIpc) is 2.73. The number of aliphatic hydroxyl groups excluding tert-OH is 2. The molecule has 0 spiro atoms. The lowest BCUT2D eigenvalue weighted by Gasteiger charge is -2.25. The zero-order chi connectivity index (χ0) is 13.5. The van der Waals surface area contributed by atoms with Crippen LogP contribution in [0.1, 0.15) is 20.3 Å². The first-order valence-corrected chi connectivity index (χ1v) is 5.78. The third-order valence-corrected chi connectivity index (χ3v) is 3.04. The highest BCUT2D eigenvalue weighted by Crippen LogP contribution is 2.38. The largest absolute Gasteiger partial charge is 0.469 e. The molecule has 0 aromatic carbocycles. The minimum Gasteiger partial charge on any atom is -0.469 e. The van der Waals surface area contributed by atoms with Gasteiger partial charge in [0.2, 0.25) is 0 Å². The molecule has 0 aromatic rings. The van der Waals surface area contributed by atoms with Gasteiger partial charge in [0.05, 0.1) is 19.6 Å². The van der Waals surface area contributed by atoms with E-state index in [0.717, 1.165) is 0 Å². The number of hydrogen-bond acceptors (Lipinski definition) is 7. The van der Waals surface area contributed by atoms with Crippen molar-refractivity contribution in [2.45, 2.75) is 56.8 Å². The van der Waals surface area contributed by atoms with Gasteiger partial charge in [0.1, 0.15) is 18.3 Å². The van der Waals surface area contributed by atoms with Crippen molar-refractivity contribution in [3.8, 4) is 0 Å². The lowest BCUT2D eigenvalue weighted by atomic mass is 10.0. The number of methoxy groups -OCH3 is 1. The van der Waals surface area contributed by atoms with Gasteiger partial charge in [-0.05, 0) is 13.8 Å². The van der Waals surface area contributed by atoms with E-state index in [1.54, 1.807) is 13.8 Å². The van der Waals surface area contributed by atoms with E-state index < -0.39 is 42.5 Å². The third-order valence-electron chi connectivity index (χ3n) is 3.04. The molecule has 7 nitrogen and oxygen atoms in total. The van der Waals surface area contributed by atoms with Gasteiger partial charge in [-0.2, -0.15) is 0 Å². The van der Waals surface area contributed by atoms with Crippen molar-refractivity contribution in [2.24, 2.45) is 0 Å². The zero-order valence-corrected chi connectivity index (χ0v) is 10.5. The Labute approximate surface area is 105 Å². The van der Waals surface area contributed by atoms with E-state index in [9.17, 15) is 15.0 Å². The first-order valence-electron chi connectivity index (χ1n) is 5.78. The molecule has 2 heterocycles. The van der Waals surface area contributed by atoms with Gasteiger partial charge < -0.3 is 29.2 Å². The van der Waals surface area contributed by atoms with Gasteiger partial charge in [-0.15, -0.1) is 0 Å². The van der Waals surface area contributed by atoms with Crippen LogP contribution in [0.2, 0.25) is 0 Å². The smallest absolute Gasteiger partial charge is 0.308 e. The van der Waals surface area contributed by atoms with Crippen molar-refractivity contribution in [3.63, 3.8) is 0 Å². The molecule has 2 aliphatic heterocycles. The van der Waals surface area contributed by atoms with Gasteiger partial charge in [-0.1, -0.05) is 0 Å². The molecule has 0 aliphatic carbocycles. The number of rotatable bonds is 3. The van der Waals surface area contributed by atoms with Crippen LogP contribution in [0.5, 0.6) is 0 Å². The number of hydrogen-bond donors (Lipinski definition) is 2. The fourth-order valence-electron chi connectivity index (χ4n) is 2.20. The Hall–Kier alpha value is -0.730. The fourth-order valence-corrected chi connectivity index (χ4v) is 2.20. The summed E-state index contributed by atoms with van der Waals surface area (Å²) in [6.45, 7) is 3.42. The molecule has 2 saturated heterocycles. The predicted octanol–water partition coefficient (Wildman–Crippen LogP) is -0.852. The minimum absolute atomic E-state index is 0.249. The average molecular weight is 262 g/mol. The first kappa shape index (κ1) is 13.7. The van der Waals surface area contributed by atoms with Crippen molar-refractivity contribution in [1.29, 1.82) is 0 Å². The molecule has 2 fully saturated rings. The zero-order valence-electron chi connectivity index (χ0n) is 10.5. The molecule has 0 amide bonds. The maximum atomic E-state index is 11.1. The summed E-state index contributed by atoms with van der Waals surface area (Å²) in [5, 5.41) is 19.8. The topological polar surface area (TPSA) is 94.5 Å². The van der Waals surface area contributed by atoms with Gasteiger partial charge >= 0.3 is 5.97 Å². The summed E-state index contributed by atoms with van der Waals surface area (Å²) in [6.07, 6.45) is -4.76. The highest BCUT2D eigenvalue weighted by atomic mass is 16.8. The maximum Gasteiger partial charge on any atom is 0.308 e. The van der Waals surface area contributed by atoms with E-state index in [2.05, 4.69) is 4.74 Å². The minimum atomic E-state index is -1.16. The highest BCUT2D eigenvalue weighted by Gasteiger charge is 2.56. The third kappa shape index (κ3) is 2.50. The summed E-state index contributed by atoms with van der Waals surface area (Å²) in [7, 11) is 1.23. The Balaban J connectivity index is 1.97. The number of esters is 1. The molecule has 2 aliphatic rings. The summed E-state index contributed by atoms with van der Waals surface area (Å²) in [6, 6.07) is 0. The summed E-state index contributed by atoms with van der Waals surface area (Å²) in [5.41, 5.74) is 0. The van der Waals surface area contributed by atoms with Crippen LogP contribution >= 0.6 is 0 Å². The first-order chi connectivity index (χ1) is 8.34. The Morgan fingerprint density at radius 1 is 1.44 bits per heavy atom. The summed E-state index contributed by atoms with van der Waals surface area (Å²) in [4.78, 5) is 11.1. The molecular formula is C11H18O7. The van der Waals surface area contributed by atoms with Crippen LogP contribution in [-0.4, -0.2) is 59.8 Å². The number of carbonyl (C=O) groups is 1. The molecule has 0 saturated carbocycles. The van der Waals surface area contributed by atoms with E-state index in [1.165, 1.54) is 7.11 Å². The maximum absolute atomic E-state index is 11.1. The van der Waals surface area contributed by atoms with Crippen LogP contribution < -0.4 is 0 Å². The van der Waals surface area contributed by atoms with Gasteiger partial charge in [0.15, 0.2) is 12.1 Å². The number of aliphatic hydroxyl groups is 2. The van der Waals surface area contributed by atoms with Gasteiger partial charge in [0.25, 0.3) is 0 Å². The molecule has 104 valence electrons. The normalized spacial score (nSPS) is 39.4. The molecule has 2 N–H and O–H groups in total. The van der Waals surface area contributed by atoms with Crippen LogP contribution in [0.3, 0.4) is 0 Å². The molecule has 7 heteroatoms. The second-order valence-electron chi connectivity index (χ2n) is 4.91. The lowest BCUT2D eigenvalue weighted by Crippen LogP contribution is -2.41. The molecule has 18 heavy (non-hydrogen) atoms. The van der Waals surface area contributed by atoms with Crippen molar-refractivity contribution in [1.82, 2.24) is 0 Å². The van der Waals surface area contributed by atoms with Gasteiger partial charge in [0, 0.05) is 0 Å². The van der Waals surface area contributed by atoms with E-state index in [0.29, 0.717) is 0 Å². The number of ether oxygens (including phenoxy) is 4. The number of carbonyl (C=O) groups excluding carboxylic acids is 1. The second-order valence-corrected chi connectivity index (χ2v) is 4.91. The van der Waals surface area contributed by atoms with Crippen LogP contribution in [-0.2, 0) is 23.7 Å². The monoisotopic (exact) mass is 262 g/mol. The molecule has 5 atom stereocenters. The summed E-state index contributed by atoms with van der Waals surface area (Å²) in [5.74, 6) is -1.40. The van der Waals surface area contributed by atoms with Crippen molar-refractivity contribution < 1.29 is 34.0 Å². The predicted molar refractivity (Wildman–Crippen MR) is 57.3 cm³/mol. The summed E-state index contributed by atoms with van der Waals surface area (Å²) < 4.78 is 20.7. The van der Waals surface area contributed by atoms with Crippen LogP contribution in [0.4, 0.5) is 0 Å². The van der Waals surface area contributed by atoms with E-state index in [-0.39, 0.29) is 6.42 Å². The Kier molecular flexibility index (Phi) is 3.61. The van der Waals surface area contributed by atoms with Crippen LogP contribution in [0, 0.1) is 0 Å². The Bertz CT molecular complexity index is 329. The van der Waals surface area contributed by atoms with Crippen molar-refractivity contribution in [3.05, 3.63) is 0 Å². The SMILES string of the molecule is COC(=O)C[C@@H](O)[C@H]1O[C@@H]2OC(C)(C)O[C@@H]2[C@H]1O. The lowest BCUT2D eigenvalue weighted by molar-refractivity contribution is -0.226. The van der Waals surface area contributed by atoms with Crippen LogP contribution in [0.15, 0.2) is 0 Å². The van der Waals surface area contributed by atoms with Crippen molar-refractivity contribution >= 4 is 5.97 Å². The van der Waals surface area contributed by atoms with Crippen molar-refractivity contribution in [2.75, 3.05) is 7.11 Å². The fraction of sp³-hybridized carbons (Fsp3) is 0.909. The second kappa shape index (κ2) is 4.75. The molecule has 2 rings (SSSR count). The highest BCUT2D eigenvalue weighted by molar-refractivity contribution is 5.69. The van der Waals surface area contributed by atoms with E-state index >= 15 is 0 Å². The number of fused-ring (bicyclic) bond motifs is 1.